The highest BCUT2D eigenvalue weighted by Gasteiger charge is 2.12. The molecule has 0 amide bonds. The number of rotatable bonds is 2. The summed E-state index contributed by atoms with van der Waals surface area (Å²) in [6, 6.07) is 3.42. The molecule has 0 unspecified atom stereocenters. The van der Waals surface area contributed by atoms with Gasteiger partial charge in [0.05, 0.1) is 0 Å². The molecular weight excluding hydrogens is 164 g/mol. The van der Waals surface area contributed by atoms with Gasteiger partial charge in [-0.25, -0.2) is 0 Å². The van der Waals surface area contributed by atoms with Crippen molar-refractivity contribution in [3.63, 3.8) is 0 Å². The lowest BCUT2D eigenvalue weighted by Crippen LogP contribution is -2.21. The molecule has 0 aliphatic heterocycles. The fraction of sp³-hybridized carbons (Fsp3) is 0.400. The van der Waals surface area contributed by atoms with Crippen molar-refractivity contribution in [2.75, 3.05) is 6.54 Å². The molecule has 0 aliphatic rings. The molecule has 0 saturated carbocycles. The Labute approximate surface area is 78.4 Å². The van der Waals surface area contributed by atoms with E-state index < -0.39 is 0 Å². The van der Waals surface area contributed by atoms with Gasteiger partial charge in [0.2, 0.25) is 0 Å². The fourth-order valence-electron chi connectivity index (χ4n) is 1.56. The molecule has 3 heteroatoms. The van der Waals surface area contributed by atoms with E-state index in [4.69, 9.17) is 11.5 Å². The van der Waals surface area contributed by atoms with Crippen LogP contribution in [0.5, 0.6) is 5.75 Å². The largest absolute Gasteiger partial charge is 0.508 e. The van der Waals surface area contributed by atoms with Crippen LogP contribution in [0.4, 0.5) is 0 Å². The quantitative estimate of drug-likeness (QED) is 0.635. The first-order chi connectivity index (χ1) is 6.06. The number of nitrogens with two attached hydrogens (primary N) is 2. The first kappa shape index (κ1) is 10.0. The van der Waals surface area contributed by atoms with Crippen LogP contribution in [0.2, 0.25) is 0 Å². The molecular formula is C10H16N2O. The third-order valence-electron chi connectivity index (χ3n) is 2.13. The van der Waals surface area contributed by atoms with Gasteiger partial charge in [-0.1, -0.05) is 6.07 Å². The van der Waals surface area contributed by atoms with Crippen LogP contribution >= 0.6 is 0 Å². The number of aryl methyl sites for hydroxylation is 2. The van der Waals surface area contributed by atoms with Crippen LogP contribution in [0.3, 0.4) is 0 Å². The van der Waals surface area contributed by atoms with E-state index in [1.807, 2.05) is 19.9 Å². The Morgan fingerprint density at radius 1 is 1.38 bits per heavy atom. The monoisotopic (exact) mass is 180 g/mol. The zero-order valence-corrected chi connectivity index (χ0v) is 8.04. The number of phenols is 1. The van der Waals surface area contributed by atoms with E-state index in [1.54, 1.807) is 6.07 Å². The van der Waals surface area contributed by atoms with Gasteiger partial charge in [0.25, 0.3) is 0 Å². The SMILES string of the molecule is Cc1cc(C)c([C@@H](N)CN)c(O)c1. The van der Waals surface area contributed by atoms with Crippen molar-refractivity contribution in [2.45, 2.75) is 19.9 Å². The van der Waals surface area contributed by atoms with Crippen LogP contribution in [-0.2, 0) is 0 Å². The minimum absolute atomic E-state index is 0.246. The minimum Gasteiger partial charge on any atom is -0.508 e. The summed E-state index contributed by atoms with van der Waals surface area (Å²) in [7, 11) is 0. The van der Waals surface area contributed by atoms with Gasteiger partial charge < -0.3 is 16.6 Å². The van der Waals surface area contributed by atoms with Gasteiger partial charge in [-0.05, 0) is 31.0 Å². The maximum absolute atomic E-state index is 9.64. The lowest BCUT2D eigenvalue weighted by molar-refractivity contribution is 0.460. The Morgan fingerprint density at radius 3 is 2.46 bits per heavy atom. The van der Waals surface area contributed by atoms with Crippen LogP contribution in [0.25, 0.3) is 0 Å². The molecule has 1 aromatic carbocycles. The average molecular weight is 180 g/mol. The number of hydrogen-bond donors (Lipinski definition) is 3. The van der Waals surface area contributed by atoms with Gasteiger partial charge in [-0.2, -0.15) is 0 Å². The number of benzene rings is 1. The van der Waals surface area contributed by atoms with Crippen LogP contribution in [0.15, 0.2) is 12.1 Å². The maximum Gasteiger partial charge on any atom is 0.120 e. The summed E-state index contributed by atoms with van der Waals surface area (Å²) in [6.45, 7) is 4.21. The van der Waals surface area contributed by atoms with Gasteiger partial charge in [-0.3, -0.25) is 0 Å². The standard InChI is InChI=1S/C10H16N2O/c1-6-3-7(2)10(8(12)5-11)9(13)4-6/h3-4,8,13H,5,11-12H2,1-2H3/t8-/m0/s1. The second-order valence-electron chi connectivity index (χ2n) is 3.36. The van der Waals surface area contributed by atoms with Crippen LogP contribution < -0.4 is 11.5 Å². The predicted octanol–water partition coefficient (Wildman–Crippen LogP) is 0.968. The number of aromatic hydroxyl groups is 1. The van der Waals surface area contributed by atoms with Gasteiger partial charge >= 0.3 is 0 Å². The summed E-state index contributed by atoms with van der Waals surface area (Å²) < 4.78 is 0. The van der Waals surface area contributed by atoms with Crippen molar-refractivity contribution in [3.05, 3.63) is 28.8 Å². The summed E-state index contributed by atoms with van der Waals surface area (Å²) in [5.41, 5.74) is 14.0. The summed E-state index contributed by atoms with van der Waals surface area (Å²) in [6.07, 6.45) is 0. The van der Waals surface area contributed by atoms with Crippen molar-refractivity contribution in [1.82, 2.24) is 0 Å². The highest BCUT2D eigenvalue weighted by molar-refractivity contribution is 5.44. The molecule has 0 spiro atoms. The van der Waals surface area contributed by atoms with Crippen molar-refractivity contribution in [2.24, 2.45) is 11.5 Å². The Morgan fingerprint density at radius 2 is 2.00 bits per heavy atom. The van der Waals surface area contributed by atoms with E-state index in [9.17, 15) is 5.11 Å². The van der Waals surface area contributed by atoms with Crippen LogP contribution in [0, 0.1) is 13.8 Å². The molecule has 0 aliphatic carbocycles. The molecule has 1 rings (SSSR count). The zero-order chi connectivity index (χ0) is 10.0. The molecule has 0 bridgehead atoms. The average Bonchev–Trinajstić information content (AvgIpc) is 2.02. The lowest BCUT2D eigenvalue weighted by Gasteiger charge is -2.15. The van der Waals surface area contributed by atoms with Gasteiger partial charge in [-0.15, -0.1) is 0 Å². The Balaban J connectivity index is 3.20. The first-order valence-electron chi connectivity index (χ1n) is 4.32. The topological polar surface area (TPSA) is 72.3 Å². The minimum atomic E-state index is -0.277. The van der Waals surface area contributed by atoms with Gasteiger partial charge in [0.15, 0.2) is 0 Å². The molecule has 72 valence electrons. The summed E-state index contributed by atoms with van der Waals surface area (Å²) >= 11 is 0. The summed E-state index contributed by atoms with van der Waals surface area (Å²) in [5.74, 6) is 0.246. The van der Waals surface area contributed by atoms with Crippen molar-refractivity contribution < 1.29 is 5.11 Å². The molecule has 0 fully saturated rings. The molecule has 0 heterocycles. The molecule has 1 aromatic rings. The van der Waals surface area contributed by atoms with E-state index in [-0.39, 0.29) is 11.8 Å². The molecule has 3 nitrogen and oxygen atoms in total. The van der Waals surface area contributed by atoms with E-state index in [1.165, 1.54) is 0 Å². The fourth-order valence-corrected chi connectivity index (χ4v) is 1.56. The molecule has 0 radical (unpaired) electrons. The first-order valence-corrected chi connectivity index (χ1v) is 4.32. The Kier molecular flexibility index (Phi) is 2.90. The van der Waals surface area contributed by atoms with Crippen molar-refractivity contribution in [1.29, 1.82) is 0 Å². The molecule has 13 heavy (non-hydrogen) atoms. The Hall–Kier alpha value is -1.06. The van der Waals surface area contributed by atoms with Crippen molar-refractivity contribution >= 4 is 0 Å². The summed E-state index contributed by atoms with van der Waals surface area (Å²) in [5, 5.41) is 9.64. The lowest BCUT2D eigenvalue weighted by atomic mass is 9.98. The number of phenolic OH excluding ortho intramolecular Hbond substituents is 1. The van der Waals surface area contributed by atoms with E-state index in [2.05, 4.69) is 0 Å². The highest BCUT2D eigenvalue weighted by Crippen LogP contribution is 2.27. The zero-order valence-electron chi connectivity index (χ0n) is 8.04. The van der Waals surface area contributed by atoms with E-state index in [0.717, 1.165) is 16.7 Å². The maximum atomic E-state index is 9.64. The Bertz CT molecular complexity index is 287. The second-order valence-corrected chi connectivity index (χ2v) is 3.36. The third-order valence-corrected chi connectivity index (χ3v) is 2.13. The molecule has 0 aromatic heterocycles. The molecule has 5 N–H and O–H groups in total. The van der Waals surface area contributed by atoms with E-state index in [0.29, 0.717) is 6.54 Å². The predicted molar refractivity (Wildman–Crippen MR) is 53.6 cm³/mol. The molecule has 1 atom stereocenters. The normalized spacial score (nSPS) is 12.9. The van der Waals surface area contributed by atoms with Crippen LogP contribution in [0.1, 0.15) is 22.7 Å². The second kappa shape index (κ2) is 3.77. The van der Waals surface area contributed by atoms with Gasteiger partial charge in [0.1, 0.15) is 5.75 Å². The van der Waals surface area contributed by atoms with Crippen molar-refractivity contribution in [3.8, 4) is 5.75 Å². The smallest absolute Gasteiger partial charge is 0.120 e. The van der Waals surface area contributed by atoms with E-state index >= 15 is 0 Å². The molecule has 0 saturated heterocycles. The highest BCUT2D eigenvalue weighted by atomic mass is 16.3. The van der Waals surface area contributed by atoms with Crippen LogP contribution in [-0.4, -0.2) is 11.7 Å². The number of hydrogen-bond acceptors (Lipinski definition) is 3. The third kappa shape index (κ3) is 1.99. The summed E-state index contributed by atoms with van der Waals surface area (Å²) in [4.78, 5) is 0. The van der Waals surface area contributed by atoms with Gasteiger partial charge in [0, 0.05) is 18.2 Å².